The molecule has 1 amide bonds. The van der Waals surface area contributed by atoms with Crippen molar-refractivity contribution in [3.8, 4) is 11.1 Å². The molecule has 1 saturated carbocycles. The summed E-state index contributed by atoms with van der Waals surface area (Å²) in [5, 5.41) is 13.1. The number of carbonyl (C=O) groups is 1. The number of likely N-dealkylation sites (N-methyl/N-ethyl adjacent to an activating group) is 1. The molecule has 15 heteroatoms. The smallest absolute Gasteiger partial charge is 0.358 e. The first-order valence-electron chi connectivity index (χ1n) is 13.1. The number of anilines is 3. The van der Waals surface area contributed by atoms with E-state index in [1.165, 1.54) is 24.5 Å². The second kappa shape index (κ2) is 10.5. The molecule has 1 aromatic carbocycles. The molecule has 0 bridgehead atoms. The molecule has 1 aliphatic heterocycles. The maximum absolute atomic E-state index is 14.9. The molecule has 2 atom stereocenters. The van der Waals surface area contributed by atoms with Crippen LogP contribution in [0, 0.1) is 5.82 Å². The number of hydrogen-bond donors (Lipinski definition) is 2. The van der Waals surface area contributed by atoms with Crippen molar-refractivity contribution in [1.82, 2.24) is 29.8 Å². The van der Waals surface area contributed by atoms with E-state index in [4.69, 9.17) is 4.52 Å². The van der Waals surface area contributed by atoms with Crippen LogP contribution in [0.4, 0.5) is 39.4 Å². The molecular formula is C27H25F5N8O2. The highest BCUT2D eigenvalue weighted by atomic mass is 19.4. The van der Waals surface area contributed by atoms with Crippen LogP contribution >= 0.6 is 0 Å². The van der Waals surface area contributed by atoms with Crippen LogP contribution < -0.4 is 10.6 Å². The molecule has 3 aromatic heterocycles. The Morgan fingerprint density at radius 2 is 1.88 bits per heavy atom. The maximum Gasteiger partial charge on any atom is 0.401 e. The van der Waals surface area contributed by atoms with Crippen molar-refractivity contribution in [2.45, 2.75) is 43.1 Å². The van der Waals surface area contributed by atoms with E-state index in [9.17, 15) is 26.7 Å². The van der Waals surface area contributed by atoms with Crippen molar-refractivity contribution < 1.29 is 31.3 Å². The number of hydrogen-bond acceptors (Lipinski definition) is 8. The van der Waals surface area contributed by atoms with Crippen LogP contribution in [0.2, 0.25) is 0 Å². The summed E-state index contributed by atoms with van der Waals surface area (Å²) in [4.78, 5) is 22.8. The summed E-state index contributed by atoms with van der Waals surface area (Å²) in [5.74, 6) is -1.57. The van der Waals surface area contributed by atoms with E-state index in [0.717, 1.165) is 6.07 Å². The lowest BCUT2D eigenvalue weighted by atomic mass is 10.0. The summed E-state index contributed by atoms with van der Waals surface area (Å²) in [7, 11) is 1.85. The van der Waals surface area contributed by atoms with Crippen molar-refractivity contribution in [1.29, 1.82) is 0 Å². The number of amides is 1. The maximum atomic E-state index is 14.9. The highest BCUT2D eigenvalue weighted by molar-refractivity contribution is 5.91. The molecule has 220 valence electrons. The van der Waals surface area contributed by atoms with Gasteiger partial charge in [0.25, 0.3) is 0 Å². The fourth-order valence-electron chi connectivity index (χ4n) is 5.02. The fraction of sp³-hybridized carbons (Fsp3) is 0.370. The monoisotopic (exact) mass is 588 g/mol. The second-order valence-electron chi connectivity index (χ2n) is 10.6. The van der Waals surface area contributed by atoms with E-state index in [1.807, 2.05) is 11.9 Å². The lowest BCUT2D eigenvalue weighted by molar-refractivity contribution is -0.165. The van der Waals surface area contributed by atoms with Crippen LogP contribution in [0.15, 0.2) is 53.6 Å². The lowest BCUT2D eigenvalue weighted by Gasteiger charge is -2.14. The number of nitrogens with one attached hydrogen (secondary N) is 2. The normalized spacial score (nSPS) is 20.0. The summed E-state index contributed by atoms with van der Waals surface area (Å²) in [5.41, 5.74) is -0.395. The SMILES string of the molecule is CN1CC(n2cc(Nc3ncc(-c4ccc(CC(=O)Nc5cc(C6(C(F)(F)F)CC6)on5)c(F)c4)cn3)cn2)[C@H](F)C1. The Labute approximate surface area is 235 Å². The Hall–Kier alpha value is -4.40. The molecule has 6 rings (SSSR count). The predicted octanol–water partition coefficient (Wildman–Crippen LogP) is 4.81. The number of aromatic nitrogens is 5. The number of carbonyl (C=O) groups excluding carboxylic acids is 1. The van der Waals surface area contributed by atoms with Crippen LogP contribution in [0.1, 0.15) is 30.2 Å². The number of likely N-dealkylation sites (tertiary alicyclic amines) is 1. The predicted molar refractivity (Wildman–Crippen MR) is 140 cm³/mol. The van der Waals surface area contributed by atoms with Gasteiger partial charge in [0.1, 0.15) is 17.4 Å². The number of rotatable bonds is 8. The van der Waals surface area contributed by atoms with Gasteiger partial charge in [-0.2, -0.15) is 18.3 Å². The van der Waals surface area contributed by atoms with Gasteiger partial charge in [-0.15, -0.1) is 0 Å². The van der Waals surface area contributed by atoms with Gasteiger partial charge < -0.3 is 20.1 Å². The van der Waals surface area contributed by atoms with Gasteiger partial charge >= 0.3 is 6.18 Å². The Morgan fingerprint density at radius 3 is 2.52 bits per heavy atom. The third-order valence-corrected chi connectivity index (χ3v) is 7.53. The largest absolute Gasteiger partial charge is 0.401 e. The molecule has 2 fully saturated rings. The lowest BCUT2D eigenvalue weighted by Crippen LogP contribution is -2.28. The molecule has 4 aromatic rings. The van der Waals surface area contributed by atoms with Gasteiger partial charge in [0.2, 0.25) is 11.9 Å². The molecule has 2 aliphatic rings. The third-order valence-electron chi connectivity index (χ3n) is 7.53. The standard InChI is InChI=1S/C27H25F5N8O2/c1-39-13-20(29)21(14-39)40-12-18(11-35-40)36-25-33-9-17(10-34-25)15-2-3-16(19(28)6-15)7-24(41)37-23-8-22(42-38-23)26(4-5-26)27(30,31)32/h2-3,6,8-12,20-21H,4-5,7,13-14H2,1H3,(H,33,34,36)(H,37,38,41)/t20-,21?/m1/s1. The van der Waals surface area contributed by atoms with Crippen LogP contribution in [-0.2, 0) is 16.6 Å². The molecule has 2 N–H and O–H groups in total. The number of nitrogens with zero attached hydrogens (tertiary/aromatic N) is 6. The van der Waals surface area contributed by atoms with Crippen LogP contribution in [0.3, 0.4) is 0 Å². The van der Waals surface area contributed by atoms with E-state index in [-0.39, 0.29) is 48.4 Å². The molecule has 1 saturated heterocycles. The topological polar surface area (TPSA) is 114 Å². The van der Waals surface area contributed by atoms with Crippen molar-refractivity contribution in [3.05, 3.63) is 66.2 Å². The minimum absolute atomic E-state index is 0.0779. The van der Waals surface area contributed by atoms with Gasteiger partial charge in [-0.05, 0) is 37.1 Å². The van der Waals surface area contributed by atoms with E-state index >= 15 is 0 Å². The van der Waals surface area contributed by atoms with E-state index in [0.29, 0.717) is 29.9 Å². The molecule has 4 heterocycles. The van der Waals surface area contributed by atoms with Crippen LogP contribution in [-0.4, -0.2) is 68.2 Å². The molecule has 0 radical (unpaired) electrons. The molecular weight excluding hydrogens is 563 g/mol. The first kappa shape index (κ1) is 27.8. The Kier molecular flexibility index (Phi) is 6.91. The Balaban J connectivity index is 1.06. The van der Waals surface area contributed by atoms with E-state index in [1.54, 1.807) is 23.1 Å². The Morgan fingerprint density at radius 1 is 1.12 bits per heavy atom. The van der Waals surface area contributed by atoms with Crippen molar-refractivity contribution in [2.24, 2.45) is 0 Å². The first-order valence-corrected chi connectivity index (χ1v) is 13.1. The first-order chi connectivity index (χ1) is 20.0. The summed E-state index contributed by atoms with van der Waals surface area (Å²) in [6, 6.07) is 4.95. The van der Waals surface area contributed by atoms with Gasteiger partial charge in [0, 0.05) is 43.3 Å². The average molecular weight is 589 g/mol. The van der Waals surface area contributed by atoms with Gasteiger partial charge in [0.15, 0.2) is 11.6 Å². The van der Waals surface area contributed by atoms with Crippen molar-refractivity contribution in [2.75, 3.05) is 30.8 Å². The van der Waals surface area contributed by atoms with Crippen LogP contribution in [0.5, 0.6) is 0 Å². The molecule has 42 heavy (non-hydrogen) atoms. The van der Waals surface area contributed by atoms with Gasteiger partial charge in [-0.3, -0.25) is 9.48 Å². The van der Waals surface area contributed by atoms with Crippen LogP contribution in [0.25, 0.3) is 11.1 Å². The average Bonchev–Trinajstić information content (AvgIpc) is 3.23. The highest BCUT2D eigenvalue weighted by Crippen LogP contribution is 2.59. The zero-order valence-electron chi connectivity index (χ0n) is 22.2. The van der Waals surface area contributed by atoms with Crippen molar-refractivity contribution in [3.63, 3.8) is 0 Å². The number of benzene rings is 1. The minimum atomic E-state index is -4.47. The van der Waals surface area contributed by atoms with Gasteiger partial charge in [0.05, 0.1) is 24.3 Å². The quantitative estimate of drug-likeness (QED) is 0.282. The van der Waals surface area contributed by atoms with Crippen molar-refractivity contribution >= 4 is 23.4 Å². The fourth-order valence-corrected chi connectivity index (χ4v) is 5.02. The van der Waals surface area contributed by atoms with E-state index < -0.39 is 29.5 Å². The molecule has 10 nitrogen and oxygen atoms in total. The summed E-state index contributed by atoms with van der Waals surface area (Å²) in [6.45, 7) is 0.910. The molecule has 1 aliphatic carbocycles. The molecule has 0 spiro atoms. The highest BCUT2D eigenvalue weighted by Gasteiger charge is 2.66. The summed E-state index contributed by atoms with van der Waals surface area (Å²) < 4.78 is 75.3. The zero-order valence-corrected chi connectivity index (χ0v) is 22.2. The summed E-state index contributed by atoms with van der Waals surface area (Å²) in [6.07, 6.45) is 0.180. The number of halogens is 5. The van der Waals surface area contributed by atoms with E-state index in [2.05, 4.69) is 30.9 Å². The Bertz CT molecular complexity index is 1600. The molecule has 1 unspecified atom stereocenters. The second-order valence-corrected chi connectivity index (χ2v) is 10.6. The summed E-state index contributed by atoms with van der Waals surface area (Å²) >= 11 is 0. The zero-order chi connectivity index (χ0) is 29.6. The minimum Gasteiger partial charge on any atom is -0.358 e. The third kappa shape index (κ3) is 5.43. The number of alkyl halides is 4. The van der Waals surface area contributed by atoms with Gasteiger partial charge in [-0.1, -0.05) is 17.3 Å². The van der Waals surface area contributed by atoms with Gasteiger partial charge in [-0.25, -0.2) is 18.7 Å².